The van der Waals surface area contributed by atoms with Crippen molar-refractivity contribution in [3.63, 3.8) is 0 Å². The minimum Gasteiger partial charge on any atom is -0.392 e. The lowest BCUT2D eigenvalue weighted by Gasteiger charge is -2.32. The van der Waals surface area contributed by atoms with Crippen LogP contribution in [0.1, 0.15) is 65.6 Å². The summed E-state index contributed by atoms with van der Waals surface area (Å²) in [5.41, 5.74) is 6.02. The second kappa shape index (κ2) is 11.0. The SMILES string of the molecule is CN1CCC[C@H]1c1ccc(Nc2cc(-c3cc(F)cc(N4CCn5c(cc6c5CC(C)(C)C6)C4=O)c3CO)cn(C)c2=O)nc1. The van der Waals surface area contributed by atoms with Crippen LogP contribution in [0.5, 0.6) is 0 Å². The quantitative estimate of drug-likeness (QED) is 0.313. The van der Waals surface area contributed by atoms with Crippen molar-refractivity contribution >= 4 is 23.1 Å². The molecule has 0 spiro atoms. The number of aliphatic hydroxyl groups excluding tert-OH is 1. The Morgan fingerprint density at radius 3 is 2.60 bits per heavy atom. The molecule has 3 aromatic heterocycles. The third kappa shape index (κ3) is 5.15. The van der Waals surface area contributed by atoms with E-state index in [1.807, 2.05) is 24.4 Å². The van der Waals surface area contributed by atoms with Crippen LogP contribution in [-0.4, -0.2) is 50.2 Å². The summed E-state index contributed by atoms with van der Waals surface area (Å²) in [4.78, 5) is 35.4. The number of hydrogen-bond donors (Lipinski definition) is 2. The van der Waals surface area contributed by atoms with Gasteiger partial charge in [-0.3, -0.25) is 14.5 Å². The number of aromatic nitrogens is 3. The molecule has 7 rings (SSSR count). The largest absolute Gasteiger partial charge is 0.392 e. The van der Waals surface area contributed by atoms with Gasteiger partial charge in [-0.2, -0.15) is 0 Å². The van der Waals surface area contributed by atoms with Gasteiger partial charge >= 0.3 is 0 Å². The Bertz CT molecular complexity index is 1880. The molecule has 234 valence electrons. The van der Waals surface area contributed by atoms with Gasteiger partial charge in [0.1, 0.15) is 23.0 Å². The number of aryl methyl sites for hydroxylation is 1. The molecule has 0 bridgehead atoms. The third-order valence-corrected chi connectivity index (χ3v) is 9.71. The second-order valence-electron chi connectivity index (χ2n) is 13.5. The average Bonchev–Trinajstić information content (AvgIpc) is 3.67. The van der Waals surface area contributed by atoms with Crippen LogP contribution < -0.4 is 15.8 Å². The number of likely N-dealkylation sites (tertiary alicyclic amines) is 1. The number of carbonyl (C=O) groups is 1. The zero-order valence-corrected chi connectivity index (χ0v) is 26.2. The van der Waals surface area contributed by atoms with Crippen LogP contribution in [0.4, 0.5) is 21.6 Å². The van der Waals surface area contributed by atoms with Gasteiger partial charge in [-0.1, -0.05) is 19.9 Å². The van der Waals surface area contributed by atoms with Crippen LogP contribution in [0.25, 0.3) is 11.1 Å². The van der Waals surface area contributed by atoms with Crippen molar-refractivity contribution in [1.29, 1.82) is 0 Å². The van der Waals surface area contributed by atoms with Crippen molar-refractivity contribution in [1.82, 2.24) is 19.0 Å². The summed E-state index contributed by atoms with van der Waals surface area (Å²) in [7, 11) is 3.74. The lowest BCUT2D eigenvalue weighted by atomic mass is 9.90. The molecule has 1 amide bonds. The van der Waals surface area contributed by atoms with E-state index in [2.05, 4.69) is 40.7 Å². The van der Waals surface area contributed by atoms with Crippen LogP contribution in [0.2, 0.25) is 0 Å². The van der Waals surface area contributed by atoms with E-state index >= 15 is 4.39 Å². The van der Waals surface area contributed by atoms with Gasteiger partial charge in [-0.25, -0.2) is 9.37 Å². The molecule has 3 aliphatic rings. The smallest absolute Gasteiger partial charge is 0.274 e. The maximum atomic E-state index is 15.3. The Morgan fingerprint density at radius 1 is 1.07 bits per heavy atom. The number of benzene rings is 1. The monoisotopic (exact) mass is 610 g/mol. The molecule has 1 aliphatic carbocycles. The predicted molar refractivity (Wildman–Crippen MR) is 172 cm³/mol. The van der Waals surface area contributed by atoms with Crippen LogP contribution in [0.3, 0.4) is 0 Å². The minimum absolute atomic E-state index is 0.171. The number of fused-ring (bicyclic) bond motifs is 3. The highest BCUT2D eigenvalue weighted by atomic mass is 19.1. The standard InChI is InChI=1S/C35H39FN6O3/c1-35(2)16-22-13-30-34(45)42(11-10-41(30)31(22)17-35)29-15-24(36)14-25(26(29)20-43)23-12-27(33(44)40(4)19-23)38-32-8-7-21(18-37-32)28-6-5-9-39(28)3/h7-8,12-15,18-19,28,43H,5-6,9-11,16-17,20H2,1-4H3,(H,37,38)/t28-/m0/s1. The average molecular weight is 611 g/mol. The van der Waals surface area contributed by atoms with Gasteiger partial charge in [0.05, 0.1) is 12.3 Å². The van der Waals surface area contributed by atoms with Crippen molar-refractivity contribution in [3.8, 4) is 11.1 Å². The first-order valence-electron chi connectivity index (χ1n) is 15.6. The summed E-state index contributed by atoms with van der Waals surface area (Å²) < 4.78 is 18.9. The normalized spacial score (nSPS) is 19.2. The van der Waals surface area contributed by atoms with Crippen LogP contribution >= 0.6 is 0 Å². The topological polar surface area (TPSA) is 95.6 Å². The Morgan fingerprint density at radius 2 is 1.89 bits per heavy atom. The van der Waals surface area contributed by atoms with E-state index in [1.165, 1.54) is 28.0 Å². The molecule has 1 aromatic carbocycles. The Balaban J connectivity index is 1.22. The van der Waals surface area contributed by atoms with Crippen LogP contribution in [0.15, 0.2) is 53.6 Å². The highest BCUT2D eigenvalue weighted by Gasteiger charge is 2.37. The van der Waals surface area contributed by atoms with Gasteiger partial charge in [-0.05, 0) is 91.7 Å². The van der Waals surface area contributed by atoms with Crippen molar-refractivity contribution in [2.24, 2.45) is 12.5 Å². The molecule has 2 aliphatic heterocycles. The van der Waals surface area contributed by atoms with Gasteiger partial charge in [0.2, 0.25) is 0 Å². The molecule has 0 radical (unpaired) electrons. The molecule has 0 unspecified atom stereocenters. The van der Waals surface area contributed by atoms with Crippen molar-refractivity contribution < 1.29 is 14.3 Å². The maximum Gasteiger partial charge on any atom is 0.274 e. The summed E-state index contributed by atoms with van der Waals surface area (Å²) in [5.74, 6) is -0.221. The van der Waals surface area contributed by atoms with E-state index in [4.69, 9.17) is 0 Å². The molecule has 4 aromatic rings. The number of hydrogen-bond acceptors (Lipinski definition) is 6. The Hall–Kier alpha value is -4.28. The Labute approximate surface area is 261 Å². The highest BCUT2D eigenvalue weighted by molar-refractivity contribution is 6.07. The van der Waals surface area contributed by atoms with Crippen LogP contribution in [-0.2, 0) is 33.0 Å². The van der Waals surface area contributed by atoms with Gasteiger partial charge in [0.25, 0.3) is 11.5 Å². The van der Waals surface area contributed by atoms with Gasteiger partial charge < -0.3 is 24.5 Å². The van der Waals surface area contributed by atoms with Crippen LogP contribution in [0, 0.1) is 11.2 Å². The Kier molecular flexibility index (Phi) is 7.17. The molecule has 1 atom stereocenters. The van der Waals surface area contributed by atoms with E-state index in [9.17, 15) is 14.7 Å². The lowest BCUT2D eigenvalue weighted by molar-refractivity contribution is 0.0963. The maximum absolute atomic E-state index is 15.3. The van der Waals surface area contributed by atoms with E-state index < -0.39 is 12.4 Å². The molecule has 5 heterocycles. The van der Waals surface area contributed by atoms with Crippen molar-refractivity contribution in [2.75, 3.05) is 30.4 Å². The molecule has 45 heavy (non-hydrogen) atoms. The zero-order valence-electron chi connectivity index (χ0n) is 26.2. The van der Waals surface area contributed by atoms with E-state index in [1.54, 1.807) is 24.2 Å². The summed E-state index contributed by atoms with van der Waals surface area (Å²) in [6, 6.07) is 10.5. The van der Waals surface area contributed by atoms with E-state index in [-0.39, 0.29) is 22.6 Å². The predicted octanol–water partition coefficient (Wildman–Crippen LogP) is 5.18. The first-order chi connectivity index (χ1) is 21.5. The number of nitrogens with one attached hydrogen (secondary N) is 1. The number of rotatable bonds is 6. The summed E-state index contributed by atoms with van der Waals surface area (Å²) in [5, 5.41) is 13.8. The van der Waals surface area contributed by atoms with E-state index in [0.29, 0.717) is 53.0 Å². The number of carbonyl (C=O) groups excluding carboxylic acids is 1. The summed E-state index contributed by atoms with van der Waals surface area (Å²) >= 11 is 0. The summed E-state index contributed by atoms with van der Waals surface area (Å²) in [6.07, 6.45) is 7.54. The molecule has 9 nitrogen and oxygen atoms in total. The first-order valence-corrected chi connectivity index (χ1v) is 15.6. The molecule has 10 heteroatoms. The highest BCUT2D eigenvalue weighted by Crippen LogP contribution is 2.41. The minimum atomic E-state index is -0.535. The number of nitrogens with zero attached hydrogens (tertiary/aromatic N) is 5. The third-order valence-electron chi connectivity index (χ3n) is 9.71. The fraction of sp³-hybridized carbons (Fsp3) is 0.400. The molecular weight excluding hydrogens is 571 g/mol. The molecular formula is C35H39FN6O3. The fourth-order valence-corrected chi connectivity index (χ4v) is 7.52. The number of aliphatic hydroxyl groups is 1. The van der Waals surface area contributed by atoms with Crippen molar-refractivity contribution in [2.45, 2.75) is 58.7 Å². The number of halogens is 1. The molecule has 1 fully saturated rings. The number of pyridine rings is 2. The van der Waals surface area contributed by atoms with Gasteiger partial charge in [0, 0.05) is 55.4 Å². The van der Waals surface area contributed by atoms with Gasteiger partial charge in [-0.15, -0.1) is 0 Å². The lowest BCUT2D eigenvalue weighted by Crippen LogP contribution is -2.41. The molecule has 1 saturated heterocycles. The van der Waals surface area contributed by atoms with Crippen molar-refractivity contribution in [3.05, 3.63) is 93.0 Å². The van der Waals surface area contributed by atoms with Gasteiger partial charge in [0.15, 0.2) is 0 Å². The fourth-order valence-electron chi connectivity index (χ4n) is 7.52. The second-order valence-corrected chi connectivity index (χ2v) is 13.5. The number of amides is 1. The van der Waals surface area contributed by atoms with E-state index in [0.717, 1.165) is 37.8 Å². The number of anilines is 3. The first kappa shape index (κ1) is 29.4. The summed E-state index contributed by atoms with van der Waals surface area (Å²) in [6.45, 7) is 6.08. The molecule has 0 saturated carbocycles. The molecule has 2 N–H and O–H groups in total. The zero-order chi connectivity index (χ0) is 31.6.